The molecule has 2 rings (SSSR count). The predicted molar refractivity (Wildman–Crippen MR) is 70.5 cm³/mol. The number of hydrogen-bond donors (Lipinski definition) is 0. The lowest BCUT2D eigenvalue weighted by Gasteiger charge is -2.28. The molecular weight excluding hydrogens is 226 g/mol. The number of rotatable bonds is 3. The number of anilines is 1. The van der Waals surface area contributed by atoms with Crippen LogP contribution in [0.15, 0.2) is 12.1 Å². The number of ether oxygens (including phenoxy) is 1. The molecule has 0 aliphatic carbocycles. The maximum absolute atomic E-state index is 9.12. The van der Waals surface area contributed by atoms with E-state index < -0.39 is 0 Å². The lowest BCUT2D eigenvalue weighted by molar-refractivity contribution is 0.0576. The fraction of sp³-hybridized carbons (Fsp3) is 0.571. The molecule has 0 spiro atoms. The van der Waals surface area contributed by atoms with Crippen LogP contribution in [0.5, 0.6) is 0 Å². The molecule has 1 atom stereocenters. The van der Waals surface area contributed by atoms with E-state index in [9.17, 15) is 0 Å². The maximum atomic E-state index is 9.12. The summed E-state index contributed by atoms with van der Waals surface area (Å²) in [5.41, 5.74) is 1.58. The van der Waals surface area contributed by atoms with Gasteiger partial charge in [-0.2, -0.15) is 5.26 Å². The molecule has 18 heavy (non-hydrogen) atoms. The van der Waals surface area contributed by atoms with Crippen molar-refractivity contribution in [2.24, 2.45) is 5.92 Å². The van der Waals surface area contributed by atoms with Crippen LogP contribution < -0.4 is 4.90 Å². The average Bonchev–Trinajstić information content (AvgIpc) is 2.40. The first-order chi connectivity index (χ1) is 8.70. The minimum absolute atomic E-state index is 0.539. The Bertz CT molecular complexity index is 447. The van der Waals surface area contributed by atoms with Gasteiger partial charge in [-0.1, -0.05) is 0 Å². The second-order valence-electron chi connectivity index (χ2n) is 4.90. The summed E-state index contributed by atoms with van der Waals surface area (Å²) in [5.74, 6) is 1.32. The number of hydrogen-bond acceptors (Lipinski definition) is 4. The summed E-state index contributed by atoms with van der Waals surface area (Å²) >= 11 is 0. The highest BCUT2D eigenvalue weighted by molar-refractivity contribution is 5.53. The van der Waals surface area contributed by atoms with Gasteiger partial charge < -0.3 is 9.64 Å². The summed E-state index contributed by atoms with van der Waals surface area (Å²) in [6.45, 7) is 4.54. The van der Waals surface area contributed by atoms with E-state index in [1.54, 1.807) is 0 Å². The Morgan fingerprint density at radius 1 is 1.56 bits per heavy atom. The van der Waals surface area contributed by atoms with Crippen molar-refractivity contribution in [1.29, 1.82) is 5.26 Å². The van der Waals surface area contributed by atoms with Crippen molar-refractivity contribution >= 4 is 5.82 Å². The molecule has 2 heterocycles. The Morgan fingerprint density at radius 3 is 3.06 bits per heavy atom. The quantitative estimate of drug-likeness (QED) is 0.818. The molecule has 1 aromatic rings. The van der Waals surface area contributed by atoms with Gasteiger partial charge in [-0.15, -0.1) is 0 Å². The molecule has 0 saturated carbocycles. The van der Waals surface area contributed by atoms with Crippen molar-refractivity contribution in [3.63, 3.8) is 0 Å². The van der Waals surface area contributed by atoms with Crippen LogP contribution in [0.4, 0.5) is 5.82 Å². The van der Waals surface area contributed by atoms with Crippen LogP contribution in [0, 0.1) is 24.2 Å². The average molecular weight is 245 g/mol. The van der Waals surface area contributed by atoms with Crippen molar-refractivity contribution in [1.82, 2.24) is 4.98 Å². The zero-order valence-corrected chi connectivity index (χ0v) is 11.0. The largest absolute Gasteiger partial charge is 0.381 e. The first-order valence-corrected chi connectivity index (χ1v) is 6.37. The molecular formula is C14H19N3O. The summed E-state index contributed by atoms with van der Waals surface area (Å²) < 4.78 is 5.49. The van der Waals surface area contributed by atoms with Crippen LogP contribution in [0.3, 0.4) is 0 Å². The molecule has 0 radical (unpaired) electrons. The van der Waals surface area contributed by atoms with E-state index in [1.165, 1.54) is 6.42 Å². The molecule has 1 unspecified atom stereocenters. The van der Waals surface area contributed by atoms with E-state index in [4.69, 9.17) is 10.00 Å². The van der Waals surface area contributed by atoms with Crippen LogP contribution in [-0.2, 0) is 4.74 Å². The SMILES string of the molecule is Cc1ccc(C#N)c(N(C)CC2CCCOC2)n1. The van der Waals surface area contributed by atoms with Gasteiger partial charge >= 0.3 is 0 Å². The third-order valence-electron chi connectivity index (χ3n) is 3.28. The number of nitrogens with zero attached hydrogens (tertiary/aromatic N) is 3. The van der Waals surface area contributed by atoms with E-state index in [-0.39, 0.29) is 0 Å². The van der Waals surface area contributed by atoms with Crippen molar-refractivity contribution in [2.75, 3.05) is 31.7 Å². The third-order valence-corrected chi connectivity index (χ3v) is 3.28. The topological polar surface area (TPSA) is 49.2 Å². The van der Waals surface area contributed by atoms with Crippen molar-refractivity contribution < 1.29 is 4.74 Å². The standard InChI is InChI=1S/C14H19N3O/c1-11-5-6-13(8-15)14(16-11)17(2)9-12-4-3-7-18-10-12/h5-6,12H,3-4,7,9-10H2,1-2H3. The van der Waals surface area contributed by atoms with Gasteiger partial charge in [-0.25, -0.2) is 4.98 Å². The van der Waals surface area contributed by atoms with Crippen molar-refractivity contribution in [3.8, 4) is 6.07 Å². The normalized spacial score (nSPS) is 19.3. The van der Waals surface area contributed by atoms with Gasteiger partial charge in [0.25, 0.3) is 0 Å². The molecule has 96 valence electrons. The Morgan fingerprint density at radius 2 is 2.39 bits per heavy atom. The minimum atomic E-state index is 0.539. The number of nitriles is 1. The third kappa shape index (κ3) is 2.99. The highest BCUT2D eigenvalue weighted by atomic mass is 16.5. The summed E-state index contributed by atoms with van der Waals surface area (Å²) in [6.07, 6.45) is 2.32. The Labute approximate surface area is 108 Å². The van der Waals surface area contributed by atoms with Gasteiger partial charge in [0.2, 0.25) is 0 Å². The van der Waals surface area contributed by atoms with Crippen LogP contribution in [0.25, 0.3) is 0 Å². The van der Waals surface area contributed by atoms with Crippen LogP contribution in [0.2, 0.25) is 0 Å². The molecule has 1 aliphatic rings. The van der Waals surface area contributed by atoms with Crippen LogP contribution >= 0.6 is 0 Å². The fourth-order valence-corrected chi connectivity index (χ4v) is 2.35. The monoisotopic (exact) mass is 245 g/mol. The zero-order chi connectivity index (χ0) is 13.0. The molecule has 0 N–H and O–H groups in total. The number of aryl methyl sites for hydroxylation is 1. The summed E-state index contributed by atoms with van der Waals surface area (Å²) in [6, 6.07) is 5.92. The number of aromatic nitrogens is 1. The summed E-state index contributed by atoms with van der Waals surface area (Å²) in [4.78, 5) is 6.55. The van der Waals surface area contributed by atoms with E-state index in [2.05, 4.69) is 16.0 Å². The van der Waals surface area contributed by atoms with Gasteiger partial charge in [-0.3, -0.25) is 0 Å². The lowest BCUT2D eigenvalue weighted by atomic mass is 10.0. The smallest absolute Gasteiger partial charge is 0.146 e. The molecule has 1 fully saturated rings. The van der Waals surface area contributed by atoms with Crippen molar-refractivity contribution in [2.45, 2.75) is 19.8 Å². The molecule has 1 saturated heterocycles. The zero-order valence-electron chi connectivity index (χ0n) is 11.0. The van der Waals surface area contributed by atoms with Gasteiger partial charge in [0.1, 0.15) is 11.9 Å². The predicted octanol–water partition coefficient (Wildman–Crippen LogP) is 2.12. The van der Waals surface area contributed by atoms with E-state index >= 15 is 0 Å². The first kappa shape index (κ1) is 12.8. The van der Waals surface area contributed by atoms with Gasteiger partial charge in [0, 0.05) is 25.9 Å². The summed E-state index contributed by atoms with van der Waals surface area (Å²) in [5, 5.41) is 9.12. The Kier molecular flexibility index (Phi) is 4.16. The molecule has 0 aromatic carbocycles. The molecule has 1 aromatic heterocycles. The number of pyridine rings is 1. The van der Waals surface area contributed by atoms with Crippen molar-refractivity contribution in [3.05, 3.63) is 23.4 Å². The maximum Gasteiger partial charge on any atom is 0.146 e. The van der Waals surface area contributed by atoms with E-state index in [1.807, 2.05) is 26.1 Å². The second-order valence-corrected chi connectivity index (χ2v) is 4.90. The minimum Gasteiger partial charge on any atom is -0.381 e. The molecule has 0 amide bonds. The fourth-order valence-electron chi connectivity index (χ4n) is 2.35. The van der Waals surface area contributed by atoms with E-state index in [0.29, 0.717) is 11.5 Å². The molecule has 0 bridgehead atoms. The summed E-state index contributed by atoms with van der Waals surface area (Å²) in [7, 11) is 2.00. The highest BCUT2D eigenvalue weighted by Crippen LogP contribution is 2.20. The lowest BCUT2D eigenvalue weighted by Crippen LogP contribution is -2.31. The first-order valence-electron chi connectivity index (χ1n) is 6.37. The van der Waals surface area contributed by atoms with Crippen LogP contribution in [0.1, 0.15) is 24.1 Å². The highest BCUT2D eigenvalue weighted by Gasteiger charge is 2.18. The van der Waals surface area contributed by atoms with Gasteiger partial charge in [0.15, 0.2) is 0 Å². The van der Waals surface area contributed by atoms with Crippen LogP contribution in [-0.4, -0.2) is 31.8 Å². The Hall–Kier alpha value is -1.60. The molecule has 1 aliphatic heterocycles. The molecule has 4 heteroatoms. The van der Waals surface area contributed by atoms with Gasteiger partial charge in [-0.05, 0) is 37.8 Å². The van der Waals surface area contributed by atoms with Gasteiger partial charge in [0.05, 0.1) is 12.2 Å². The molecule has 4 nitrogen and oxygen atoms in total. The van der Waals surface area contributed by atoms with E-state index in [0.717, 1.165) is 37.7 Å². The second kappa shape index (κ2) is 5.83. The Balaban J connectivity index is 2.10.